The molecule has 2 amide bonds. The van der Waals surface area contributed by atoms with Crippen molar-refractivity contribution in [2.75, 3.05) is 26.8 Å². The van der Waals surface area contributed by atoms with E-state index >= 15 is 0 Å². The number of amides is 2. The first-order valence-corrected chi connectivity index (χ1v) is 8.33. The maximum Gasteiger partial charge on any atom is 0.311 e. The van der Waals surface area contributed by atoms with E-state index in [4.69, 9.17) is 4.74 Å². The molecule has 1 saturated heterocycles. The predicted molar refractivity (Wildman–Crippen MR) is 92.0 cm³/mol. The summed E-state index contributed by atoms with van der Waals surface area (Å²) in [5.74, 6) is -0.831. The molecule has 7 nitrogen and oxygen atoms in total. The largest absolute Gasteiger partial charge is 0.381 e. The molecule has 0 unspecified atom stereocenters. The molecule has 0 saturated carbocycles. The third kappa shape index (κ3) is 4.45. The highest BCUT2D eigenvalue weighted by Gasteiger charge is 2.22. The molecule has 0 aliphatic carbocycles. The predicted octanol–water partition coefficient (Wildman–Crippen LogP) is 0.983. The maximum absolute atomic E-state index is 12.2. The number of aromatic nitrogens is 2. The number of hydrogen-bond acceptors (Lipinski definition) is 4. The van der Waals surface area contributed by atoms with E-state index in [9.17, 15) is 9.59 Å². The van der Waals surface area contributed by atoms with Crippen LogP contribution in [0.4, 0.5) is 0 Å². The van der Waals surface area contributed by atoms with Gasteiger partial charge in [-0.25, -0.2) is 4.68 Å². The Labute approximate surface area is 146 Å². The Balaban J connectivity index is 1.52. The molecular weight excluding hydrogens is 320 g/mol. The van der Waals surface area contributed by atoms with Crippen molar-refractivity contribution in [2.45, 2.75) is 13.0 Å². The lowest BCUT2D eigenvalue weighted by molar-refractivity contribution is -0.145. The second-order valence-corrected chi connectivity index (χ2v) is 6.23. The second kappa shape index (κ2) is 7.94. The minimum Gasteiger partial charge on any atom is -0.381 e. The Morgan fingerprint density at radius 2 is 2.16 bits per heavy atom. The lowest BCUT2D eigenvalue weighted by Gasteiger charge is -2.16. The van der Waals surface area contributed by atoms with Crippen LogP contribution < -0.4 is 5.32 Å². The van der Waals surface area contributed by atoms with Crippen LogP contribution in [-0.4, -0.2) is 53.3 Å². The van der Waals surface area contributed by atoms with Gasteiger partial charge in [0.1, 0.15) is 0 Å². The quantitative estimate of drug-likeness (QED) is 0.822. The standard InChI is InChI=1S/C18H22N4O3/c1-21(18(24)17(23)19-9-14-7-8-25-13-14)11-15-10-20-22(12-15)16-5-3-2-4-6-16/h2-6,10,12,14H,7-9,11,13H2,1H3,(H,19,23)/t14-/m1/s1. The molecule has 0 spiro atoms. The van der Waals surface area contributed by atoms with Crippen molar-refractivity contribution in [3.05, 3.63) is 48.3 Å². The van der Waals surface area contributed by atoms with Crippen molar-refractivity contribution in [3.63, 3.8) is 0 Å². The fraction of sp³-hybridized carbons (Fsp3) is 0.389. The summed E-state index contributed by atoms with van der Waals surface area (Å²) in [6, 6.07) is 9.71. The van der Waals surface area contributed by atoms with Gasteiger partial charge >= 0.3 is 11.8 Å². The minimum atomic E-state index is -0.579. The molecule has 1 atom stereocenters. The van der Waals surface area contributed by atoms with E-state index in [0.717, 1.165) is 24.3 Å². The Kier molecular flexibility index (Phi) is 5.45. The normalized spacial score (nSPS) is 16.6. The first kappa shape index (κ1) is 17.2. The Bertz CT molecular complexity index is 723. The van der Waals surface area contributed by atoms with Gasteiger partial charge in [-0.2, -0.15) is 5.10 Å². The average Bonchev–Trinajstić information content (AvgIpc) is 3.31. The minimum absolute atomic E-state index is 0.297. The molecule has 25 heavy (non-hydrogen) atoms. The zero-order valence-electron chi connectivity index (χ0n) is 14.2. The molecule has 0 bridgehead atoms. The number of para-hydroxylation sites is 1. The van der Waals surface area contributed by atoms with Crippen molar-refractivity contribution in [1.82, 2.24) is 20.0 Å². The van der Waals surface area contributed by atoms with Gasteiger partial charge < -0.3 is 15.0 Å². The molecule has 1 aliphatic rings. The van der Waals surface area contributed by atoms with E-state index in [2.05, 4.69) is 10.4 Å². The molecule has 1 N–H and O–H groups in total. The van der Waals surface area contributed by atoms with Crippen LogP contribution in [0.25, 0.3) is 5.69 Å². The lowest BCUT2D eigenvalue weighted by Crippen LogP contribution is -2.42. The fourth-order valence-electron chi connectivity index (χ4n) is 2.74. The van der Waals surface area contributed by atoms with Gasteiger partial charge in [0.05, 0.1) is 18.5 Å². The molecule has 3 rings (SSSR count). The van der Waals surface area contributed by atoms with Crippen LogP contribution in [0.15, 0.2) is 42.7 Å². The highest BCUT2D eigenvalue weighted by atomic mass is 16.5. The summed E-state index contributed by atoms with van der Waals surface area (Å²) in [6.07, 6.45) is 4.47. The molecular formula is C18H22N4O3. The van der Waals surface area contributed by atoms with Crippen molar-refractivity contribution in [1.29, 1.82) is 0 Å². The third-order valence-corrected chi connectivity index (χ3v) is 4.19. The fourth-order valence-corrected chi connectivity index (χ4v) is 2.74. The Hall–Kier alpha value is -2.67. The SMILES string of the molecule is CN(Cc1cnn(-c2ccccc2)c1)C(=O)C(=O)NC[C@H]1CCOC1. The number of hydrogen-bond donors (Lipinski definition) is 1. The summed E-state index contributed by atoms with van der Waals surface area (Å²) in [7, 11) is 1.61. The third-order valence-electron chi connectivity index (χ3n) is 4.19. The topological polar surface area (TPSA) is 76.5 Å². The highest BCUT2D eigenvalue weighted by Crippen LogP contribution is 2.11. The van der Waals surface area contributed by atoms with Gasteiger partial charge in [-0.05, 0) is 18.6 Å². The number of likely N-dealkylation sites (N-methyl/N-ethyl adjacent to an activating group) is 1. The molecule has 7 heteroatoms. The molecule has 2 heterocycles. The summed E-state index contributed by atoms with van der Waals surface area (Å²) in [6.45, 7) is 2.17. The maximum atomic E-state index is 12.2. The van der Waals surface area contributed by atoms with Crippen molar-refractivity contribution < 1.29 is 14.3 Å². The number of ether oxygens (including phenoxy) is 1. The van der Waals surface area contributed by atoms with E-state index in [1.807, 2.05) is 36.5 Å². The van der Waals surface area contributed by atoms with E-state index in [1.54, 1.807) is 17.9 Å². The van der Waals surface area contributed by atoms with Crippen molar-refractivity contribution >= 4 is 11.8 Å². The monoisotopic (exact) mass is 342 g/mol. The summed E-state index contributed by atoms with van der Waals surface area (Å²) in [5.41, 5.74) is 1.80. The Morgan fingerprint density at radius 1 is 1.36 bits per heavy atom. The molecule has 132 valence electrons. The van der Waals surface area contributed by atoms with Crippen LogP contribution in [-0.2, 0) is 20.9 Å². The van der Waals surface area contributed by atoms with E-state index < -0.39 is 11.8 Å². The average molecular weight is 342 g/mol. The highest BCUT2D eigenvalue weighted by molar-refractivity contribution is 6.34. The zero-order chi connectivity index (χ0) is 17.6. The number of carbonyl (C=O) groups excluding carboxylic acids is 2. The second-order valence-electron chi connectivity index (χ2n) is 6.23. The van der Waals surface area contributed by atoms with E-state index in [0.29, 0.717) is 25.6 Å². The first-order chi connectivity index (χ1) is 12.1. The number of benzene rings is 1. The summed E-state index contributed by atoms with van der Waals surface area (Å²) >= 11 is 0. The molecule has 1 aromatic carbocycles. The molecule has 1 aromatic heterocycles. The van der Waals surface area contributed by atoms with Crippen molar-refractivity contribution in [2.24, 2.45) is 5.92 Å². The molecule has 2 aromatic rings. The van der Waals surface area contributed by atoms with Crippen LogP contribution in [0.3, 0.4) is 0 Å². The van der Waals surface area contributed by atoms with Gasteiger partial charge in [0.15, 0.2) is 0 Å². The molecule has 0 radical (unpaired) electrons. The van der Waals surface area contributed by atoms with E-state index in [-0.39, 0.29) is 0 Å². The number of rotatable bonds is 5. The summed E-state index contributed by atoms with van der Waals surface area (Å²) < 4.78 is 7.00. The summed E-state index contributed by atoms with van der Waals surface area (Å²) in [4.78, 5) is 25.6. The van der Waals surface area contributed by atoms with Crippen molar-refractivity contribution in [3.8, 4) is 5.69 Å². The van der Waals surface area contributed by atoms with Gasteiger partial charge in [-0.3, -0.25) is 9.59 Å². The Morgan fingerprint density at radius 3 is 2.88 bits per heavy atom. The smallest absolute Gasteiger partial charge is 0.311 e. The number of nitrogens with one attached hydrogen (secondary N) is 1. The number of nitrogens with zero attached hydrogens (tertiary/aromatic N) is 3. The van der Waals surface area contributed by atoms with Gasteiger partial charge in [0, 0.05) is 44.4 Å². The van der Waals surface area contributed by atoms with Gasteiger partial charge in [0.25, 0.3) is 0 Å². The zero-order valence-corrected chi connectivity index (χ0v) is 14.2. The summed E-state index contributed by atoms with van der Waals surface area (Å²) in [5, 5.41) is 6.99. The molecule has 1 aliphatic heterocycles. The van der Waals surface area contributed by atoms with Gasteiger partial charge in [-0.15, -0.1) is 0 Å². The van der Waals surface area contributed by atoms with Crippen LogP contribution in [0.2, 0.25) is 0 Å². The lowest BCUT2D eigenvalue weighted by atomic mass is 10.1. The van der Waals surface area contributed by atoms with Crippen LogP contribution in [0.1, 0.15) is 12.0 Å². The molecule has 1 fully saturated rings. The van der Waals surface area contributed by atoms with Gasteiger partial charge in [-0.1, -0.05) is 18.2 Å². The number of carbonyl (C=O) groups is 2. The van der Waals surface area contributed by atoms with Crippen LogP contribution in [0.5, 0.6) is 0 Å². The van der Waals surface area contributed by atoms with Crippen LogP contribution >= 0.6 is 0 Å². The van der Waals surface area contributed by atoms with E-state index in [1.165, 1.54) is 4.90 Å². The van der Waals surface area contributed by atoms with Crippen LogP contribution in [0, 0.1) is 5.92 Å². The first-order valence-electron chi connectivity index (χ1n) is 8.33. The van der Waals surface area contributed by atoms with Gasteiger partial charge in [0.2, 0.25) is 0 Å².